The molecule has 1 amide bonds. The molecule has 1 aromatic rings. The molecule has 3 N–H and O–H groups in total. The zero-order valence-corrected chi connectivity index (χ0v) is 10.4. The second-order valence-electron chi connectivity index (χ2n) is 3.54. The minimum atomic E-state index is -0.377. The highest BCUT2D eigenvalue weighted by Gasteiger charge is 2.10. The first-order valence-corrected chi connectivity index (χ1v) is 5.37. The highest BCUT2D eigenvalue weighted by molar-refractivity contribution is 5.99. The van der Waals surface area contributed by atoms with Gasteiger partial charge in [0, 0.05) is 18.3 Å². The van der Waals surface area contributed by atoms with Crippen molar-refractivity contribution in [1.29, 1.82) is 0 Å². The van der Waals surface area contributed by atoms with E-state index in [0.29, 0.717) is 17.0 Å². The summed E-state index contributed by atoms with van der Waals surface area (Å²) in [5, 5.41) is 2.58. The minimum Gasteiger partial charge on any atom is -0.497 e. The molecule has 0 aliphatic rings. The molecule has 0 aliphatic carbocycles. The number of methoxy groups -OCH3 is 2. The molecule has 0 atom stereocenters. The fourth-order valence-electron chi connectivity index (χ4n) is 1.35. The van der Waals surface area contributed by atoms with Crippen LogP contribution >= 0.6 is 0 Å². The Balaban J connectivity index is 2.59. The highest BCUT2D eigenvalue weighted by Crippen LogP contribution is 2.19. The zero-order chi connectivity index (χ0) is 13.5. The summed E-state index contributed by atoms with van der Waals surface area (Å²) >= 11 is 0. The summed E-state index contributed by atoms with van der Waals surface area (Å²) in [6.07, 6.45) is 0.123. The van der Waals surface area contributed by atoms with Crippen LogP contribution in [0, 0.1) is 0 Å². The van der Waals surface area contributed by atoms with Crippen LogP contribution in [0.1, 0.15) is 16.8 Å². The Kier molecular flexibility index (Phi) is 4.98. The molecule has 0 unspecified atom stereocenters. The van der Waals surface area contributed by atoms with Gasteiger partial charge in [-0.25, -0.2) is 0 Å². The molecule has 0 heterocycles. The predicted octanol–water partition coefficient (Wildman–Crippen LogP) is 0.570. The van der Waals surface area contributed by atoms with E-state index in [9.17, 15) is 9.59 Å². The molecular formula is C12H16N2O4. The number of carbonyl (C=O) groups excluding carboxylic acids is 2. The average Bonchev–Trinajstić information content (AvgIpc) is 2.37. The average molecular weight is 252 g/mol. The van der Waals surface area contributed by atoms with Gasteiger partial charge in [0.05, 0.1) is 26.2 Å². The lowest BCUT2D eigenvalue weighted by Crippen LogP contribution is -2.27. The molecule has 6 heteroatoms. The normalized spacial score (nSPS) is 9.67. The van der Waals surface area contributed by atoms with Crippen LogP contribution in [0.2, 0.25) is 0 Å². The smallest absolute Gasteiger partial charge is 0.307 e. The Bertz CT molecular complexity index is 446. The van der Waals surface area contributed by atoms with Crippen molar-refractivity contribution in [2.45, 2.75) is 6.42 Å². The van der Waals surface area contributed by atoms with Crippen LogP contribution in [0.25, 0.3) is 0 Å². The number of benzene rings is 1. The lowest BCUT2D eigenvalue weighted by atomic mass is 10.1. The van der Waals surface area contributed by atoms with Gasteiger partial charge in [-0.05, 0) is 12.1 Å². The van der Waals surface area contributed by atoms with Crippen molar-refractivity contribution in [2.75, 3.05) is 26.5 Å². The third-order valence-corrected chi connectivity index (χ3v) is 2.35. The van der Waals surface area contributed by atoms with Crippen molar-refractivity contribution in [1.82, 2.24) is 5.32 Å². The monoisotopic (exact) mass is 252 g/mol. The summed E-state index contributed by atoms with van der Waals surface area (Å²) in [6.45, 7) is 0.205. The van der Waals surface area contributed by atoms with E-state index in [1.807, 2.05) is 0 Å². The van der Waals surface area contributed by atoms with Crippen molar-refractivity contribution >= 4 is 17.6 Å². The summed E-state index contributed by atoms with van der Waals surface area (Å²) < 4.78 is 9.44. The molecule has 1 aromatic carbocycles. The molecule has 0 saturated carbocycles. The van der Waals surface area contributed by atoms with Crippen LogP contribution in [0.3, 0.4) is 0 Å². The van der Waals surface area contributed by atoms with E-state index >= 15 is 0 Å². The molecule has 0 aromatic heterocycles. The van der Waals surface area contributed by atoms with Gasteiger partial charge in [-0.3, -0.25) is 9.59 Å². The van der Waals surface area contributed by atoms with Crippen molar-refractivity contribution in [3.8, 4) is 5.75 Å². The van der Waals surface area contributed by atoms with E-state index in [1.165, 1.54) is 14.2 Å². The fraction of sp³-hybridized carbons (Fsp3) is 0.333. The van der Waals surface area contributed by atoms with Crippen molar-refractivity contribution in [2.24, 2.45) is 0 Å². The maximum atomic E-state index is 11.8. The summed E-state index contributed by atoms with van der Waals surface area (Å²) in [5.74, 6) is -0.129. The molecule has 98 valence electrons. The number of hydrogen-bond acceptors (Lipinski definition) is 5. The molecule has 18 heavy (non-hydrogen) atoms. The van der Waals surface area contributed by atoms with Crippen LogP contribution in [-0.2, 0) is 9.53 Å². The van der Waals surface area contributed by atoms with Gasteiger partial charge < -0.3 is 20.5 Å². The maximum absolute atomic E-state index is 11.8. The topological polar surface area (TPSA) is 90.6 Å². The fourth-order valence-corrected chi connectivity index (χ4v) is 1.35. The van der Waals surface area contributed by atoms with Crippen LogP contribution < -0.4 is 15.8 Å². The molecule has 0 spiro atoms. The minimum absolute atomic E-state index is 0.123. The molecular weight excluding hydrogens is 236 g/mol. The lowest BCUT2D eigenvalue weighted by Gasteiger charge is -2.08. The SMILES string of the molecule is COC(=O)CCNC(=O)c1ccc(OC)cc1N. The molecule has 6 nitrogen and oxygen atoms in total. The quantitative estimate of drug-likeness (QED) is 0.590. The molecule has 0 fully saturated rings. The summed E-state index contributed by atoms with van der Waals surface area (Å²) in [4.78, 5) is 22.6. The van der Waals surface area contributed by atoms with Crippen LogP contribution in [0.5, 0.6) is 5.75 Å². The molecule has 0 radical (unpaired) electrons. The highest BCUT2D eigenvalue weighted by atomic mass is 16.5. The summed E-state index contributed by atoms with van der Waals surface area (Å²) in [5.41, 5.74) is 6.39. The number of anilines is 1. The maximum Gasteiger partial charge on any atom is 0.307 e. The van der Waals surface area contributed by atoms with Crippen molar-refractivity contribution in [3.05, 3.63) is 23.8 Å². The van der Waals surface area contributed by atoms with Gasteiger partial charge in [0.25, 0.3) is 5.91 Å². The third-order valence-electron chi connectivity index (χ3n) is 2.35. The predicted molar refractivity (Wildman–Crippen MR) is 66.4 cm³/mol. The summed E-state index contributed by atoms with van der Waals surface area (Å²) in [7, 11) is 2.82. The largest absolute Gasteiger partial charge is 0.497 e. The van der Waals surface area contributed by atoms with Gasteiger partial charge >= 0.3 is 5.97 Å². The van der Waals surface area contributed by atoms with Crippen molar-refractivity contribution < 1.29 is 19.1 Å². The van der Waals surface area contributed by atoms with Crippen LogP contribution in [0.4, 0.5) is 5.69 Å². The number of nitrogen functional groups attached to an aromatic ring is 1. The Morgan fingerprint density at radius 3 is 2.61 bits per heavy atom. The van der Waals surface area contributed by atoms with E-state index in [2.05, 4.69) is 10.1 Å². The number of esters is 1. The van der Waals surface area contributed by atoms with Crippen LogP contribution in [-0.4, -0.2) is 32.6 Å². The van der Waals surface area contributed by atoms with Crippen LogP contribution in [0.15, 0.2) is 18.2 Å². The van der Waals surface area contributed by atoms with Crippen molar-refractivity contribution in [3.63, 3.8) is 0 Å². The number of rotatable bonds is 5. The number of carbonyl (C=O) groups is 2. The molecule has 0 saturated heterocycles. The number of amides is 1. The Morgan fingerprint density at radius 2 is 2.06 bits per heavy atom. The van der Waals surface area contributed by atoms with Gasteiger partial charge in [0.1, 0.15) is 5.75 Å². The first-order chi connectivity index (χ1) is 8.58. The van der Waals surface area contributed by atoms with Gasteiger partial charge in [-0.15, -0.1) is 0 Å². The molecule has 0 bridgehead atoms. The first-order valence-electron chi connectivity index (χ1n) is 5.37. The number of nitrogens with two attached hydrogens (primary N) is 1. The second kappa shape index (κ2) is 6.48. The third kappa shape index (κ3) is 3.65. The Hall–Kier alpha value is -2.24. The van der Waals surface area contributed by atoms with E-state index in [1.54, 1.807) is 18.2 Å². The number of hydrogen-bond donors (Lipinski definition) is 2. The zero-order valence-electron chi connectivity index (χ0n) is 10.4. The van der Waals surface area contributed by atoms with Gasteiger partial charge in [0.15, 0.2) is 0 Å². The first kappa shape index (κ1) is 13.8. The summed E-state index contributed by atoms with van der Waals surface area (Å²) in [6, 6.07) is 4.78. The second-order valence-corrected chi connectivity index (χ2v) is 3.54. The standard InChI is InChI=1S/C12H16N2O4/c1-17-8-3-4-9(10(13)7-8)12(16)14-6-5-11(15)18-2/h3-4,7H,5-6,13H2,1-2H3,(H,14,16). The van der Waals surface area contributed by atoms with E-state index < -0.39 is 0 Å². The Labute approximate surface area is 105 Å². The van der Waals surface area contributed by atoms with E-state index in [0.717, 1.165) is 0 Å². The van der Waals surface area contributed by atoms with Gasteiger partial charge in [0.2, 0.25) is 0 Å². The molecule has 0 aliphatic heterocycles. The number of ether oxygens (including phenoxy) is 2. The van der Waals surface area contributed by atoms with Gasteiger partial charge in [-0.1, -0.05) is 0 Å². The Morgan fingerprint density at radius 1 is 1.33 bits per heavy atom. The lowest BCUT2D eigenvalue weighted by molar-refractivity contribution is -0.140. The number of nitrogens with one attached hydrogen (secondary N) is 1. The van der Waals surface area contributed by atoms with Gasteiger partial charge in [-0.2, -0.15) is 0 Å². The van der Waals surface area contributed by atoms with E-state index in [4.69, 9.17) is 10.5 Å². The molecule has 1 rings (SSSR count). The van der Waals surface area contributed by atoms with E-state index in [-0.39, 0.29) is 24.8 Å².